The number of non-ortho nitro benzene ring substituents is 1. The van der Waals surface area contributed by atoms with Crippen molar-refractivity contribution in [3.05, 3.63) is 69.3 Å². The molecule has 0 unspecified atom stereocenters. The first-order chi connectivity index (χ1) is 20.8. The van der Waals surface area contributed by atoms with E-state index >= 15 is 0 Å². The molecule has 232 valence electrons. The Bertz CT molecular complexity index is 1630. The monoisotopic (exact) mass is 600 g/mol. The first-order valence-corrected chi connectivity index (χ1v) is 14.9. The lowest BCUT2D eigenvalue weighted by atomic mass is 9.69. The number of aliphatic hydroxyl groups excluding tert-OH is 1. The number of nitro groups is 1. The molecule has 0 bridgehead atoms. The maximum Gasteiger partial charge on any atom is 0.269 e. The second kappa shape index (κ2) is 12.0. The SMILES string of the molecule is COc1cc(N=Nc2ccc([N+](=O)[O-])cc2)c(CO)cc1N=Nc1cc2c3c(c1OC(C)C)C(C)(C)CCN3CCC2(C)C. The Morgan fingerprint density at radius 2 is 1.57 bits per heavy atom. The standard InChI is InChI=1S/C33H40N6O5/c1-20(2)44-31-27(17-24-30-29(31)33(5,6)13-15-38(30)14-12-32(24,3)4)37-36-26-16-21(19-40)25(18-28(26)43-7)35-34-22-8-10-23(11-9-22)39(41)42/h8-11,16-18,20,40H,12-15,19H2,1-7H3. The summed E-state index contributed by atoms with van der Waals surface area (Å²) in [4.78, 5) is 13.0. The molecule has 0 fully saturated rings. The van der Waals surface area contributed by atoms with Crippen molar-refractivity contribution in [3.63, 3.8) is 0 Å². The normalized spacial score (nSPS) is 16.9. The van der Waals surface area contributed by atoms with Gasteiger partial charge in [0.1, 0.15) is 17.1 Å². The van der Waals surface area contributed by atoms with Crippen LogP contribution in [0, 0.1) is 10.1 Å². The van der Waals surface area contributed by atoms with E-state index in [0.29, 0.717) is 34.1 Å². The summed E-state index contributed by atoms with van der Waals surface area (Å²) >= 11 is 0. The van der Waals surface area contributed by atoms with Crippen LogP contribution in [0.2, 0.25) is 0 Å². The van der Waals surface area contributed by atoms with E-state index in [4.69, 9.17) is 14.6 Å². The summed E-state index contributed by atoms with van der Waals surface area (Å²) in [5, 5.41) is 38.9. The van der Waals surface area contributed by atoms with E-state index in [-0.39, 0.29) is 29.2 Å². The number of rotatable bonds is 9. The van der Waals surface area contributed by atoms with Gasteiger partial charge in [0.2, 0.25) is 0 Å². The number of aliphatic hydroxyl groups is 1. The lowest BCUT2D eigenvalue weighted by molar-refractivity contribution is -0.384. The van der Waals surface area contributed by atoms with Crippen molar-refractivity contribution in [3.8, 4) is 11.5 Å². The lowest BCUT2D eigenvalue weighted by Gasteiger charge is -2.48. The van der Waals surface area contributed by atoms with Crippen LogP contribution in [0.1, 0.15) is 71.1 Å². The number of nitro benzene ring substituents is 1. The Labute approximate surface area is 257 Å². The zero-order valence-electron chi connectivity index (χ0n) is 26.4. The van der Waals surface area contributed by atoms with E-state index in [1.807, 2.05) is 13.8 Å². The molecule has 11 heteroatoms. The third kappa shape index (κ3) is 6.01. The van der Waals surface area contributed by atoms with Crippen LogP contribution >= 0.6 is 0 Å². The highest BCUT2D eigenvalue weighted by atomic mass is 16.6. The fraction of sp³-hybridized carbons (Fsp3) is 0.455. The van der Waals surface area contributed by atoms with Crippen molar-refractivity contribution in [1.82, 2.24) is 0 Å². The minimum atomic E-state index is -0.475. The molecule has 0 saturated heterocycles. The van der Waals surface area contributed by atoms with Gasteiger partial charge in [-0.05, 0) is 67.3 Å². The van der Waals surface area contributed by atoms with E-state index < -0.39 is 4.92 Å². The molecule has 0 aliphatic carbocycles. The molecule has 3 aromatic carbocycles. The summed E-state index contributed by atoms with van der Waals surface area (Å²) in [6, 6.07) is 11.2. The number of nitrogens with zero attached hydrogens (tertiary/aromatic N) is 6. The van der Waals surface area contributed by atoms with Gasteiger partial charge in [0, 0.05) is 48.1 Å². The Balaban J connectivity index is 1.58. The maximum atomic E-state index is 10.9. The molecule has 2 aliphatic heterocycles. The lowest BCUT2D eigenvalue weighted by Crippen LogP contribution is -2.45. The summed E-state index contributed by atoms with van der Waals surface area (Å²) in [6.45, 7) is 14.9. The quantitative estimate of drug-likeness (QED) is 0.148. The van der Waals surface area contributed by atoms with Gasteiger partial charge in [0.15, 0.2) is 5.75 Å². The molecule has 1 N–H and O–H groups in total. The van der Waals surface area contributed by atoms with E-state index in [1.54, 1.807) is 12.1 Å². The van der Waals surface area contributed by atoms with Crippen molar-refractivity contribution < 1.29 is 19.5 Å². The van der Waals surface area contributed by atoms with Crippen molar-refractivity contribution in [2.45, 2.75) is 77.9 Å². The summed E-state index contributed by atoms with van der Waals surface area (Å²) in [5.74, 6) is 1.16. The smallest absolute Gasteiger partial charge is 0.269 e. The second-order valence-corrected chi connectivity index (χ2v) is 12.9. The first kappa shape index (κ1) is 31.1. The van der Waals surface area contributed by atoms with E-state index in [2.05, 4.69) is 54.0 Å². The molecule has 2 heterocycles. The van der Waals surface area contributed by atoms with Crippen LogP contribution in [0.5, 0.6) is 11.5 Å². The van der Waals surface area contributed by atoms with Gasteiger partial charge >= 0.3 is 0 Å². The maximum absolute atomic E-state index is 10.9. The van der Waals surface area contributed by atoms with Crippen molar-refractivity contribution >= 4 is 34.1 Å². The van der Waals surface area contributed by atoms with Gasteiger partial charge in [0.25, 0.3) is 5.69 Å². The average Bonchev–Trinajstić information content (AvgIpc) is 2.98. The Morgan fingerprint density at radius 3 is 2.18 bits per heavy atom. The number of azo groups is 2. The largest absolute Gasteiger partial charge is 0.494 e. The number of methoxy groups -OCH3 is 1. The number of ether oxygens (including phenoxy) is 2. The van der Waals surface area contributed by atoms with Crippen LogP contribution < -0.4 is 14.4 Å². The van der Waals surface area contributed by atoms with Crippen LogP contribution in [-0.2, 0) is 17.4 Å². The molecular weight excluding hydrogens is 560 g/mol. The fourth-order valence-electron chi connectivity index (χ4n) is 5.89. The van der Waals surface area contributed by atoms with Gasteiger partial charge < -0.3 is 19.5 Å². The van der Waals surface area contributed by atoms with Gasteiger partial charge in [0.05, 0.1) is 36.1 Å². The third-order valence-corrected chi connectivity index (χ3v) is 8.47. The summed E-state index contributed by atoms with van der Waals surface area (Å²) < 4.78 is 12.1. The first-order valence-electron chi connectivity index (χ1n) is 14.9. The molecule has 0 atom stereocenters. The minimum absolute atomic E-state index is 0.0350. The second-order valence-electron chi connectivity index (χ2n) is 12.9. The highest BCUT2D eigenvalue weighted by molar-refractivity contribution is 5.78. The molecule has 2 aliphatic rings. The van der Waals surface area contributed by atoms with E-state index in [1.165, 1.54) is 48.2 Å². The highest BCUT2D eigenvalue weighted by Crippen LogP contribution is 2.56. The molecule has 0 radical (unpaired) electrons. The minimum Gasteiger partial charge on any atom is -0.494 e. The number of benzene rings is 3. The van der Waals surface area contributed by atoms with Gasteiger partial charge in [-0.15, -0.1) is 10.2 Å². The molecule has 0 saturated carbocycles. The van der Waals surface area contributed by atoms with E-state index in [9.17, 15) is 15.2 Å². The van der Waals surface area contributed by atoms with Crippen LogP contribution in [-0.4, -0.2) is 36.3 Å². The van der Waals surface area contributed by atoms with Gasteiger partial charge in [-0.25, -0.2) is 0 Å². The summed E-state index contributed by atoms with van der Waals surface area (Å²) in [7, 11) is 1.53. The predicted octanol–water partition coefficient (Wildman–Crippen LogP) is 8.88. The molecule has 0 spiro atoms. The van der Waals surface area contributed by atoms with Crippen LogP contribution in [0.15, 0.2) is 62.9 Å². The van der Waals surface area contributed by atoms with Crippen molar-refractivity contribution in [2.75, 3.05) is 25.1 Å². The Morgan fingerprint density at radius 1 is 0.932 bits per heavy atom. The predicted molar refractivity (Wildman–Crippen MR) is 170 cm³/mol. The summed E-state index contributed by atoms with van der Waals surface area (Å²) in [5.41, 5.74) is 5.90. The number of hydrogen-bond donors (Lipinski definition) is 1. The Kier molecular flexibility index (Phi) is 8.44. The van der Waals surface area contributed by atoms with Crippen LogP contribution in [0.4, 0.5) is 34.1 Å². The third-order valence-electron chi connectivity index (χ3n) is 8.47. The molecule has 5 rings (SSSR count). The van der Waals surface area contributed by atoms with Gasteiger partial charge in [-0.2, -0.15) is 10.2 Å². The average molecular weight is 601 g/mol. The molecule has 0 amide bonds. The highest BCUT2D eigenvalue weighted by Gasteiger charge is 2.43. The Hall–Kier alpha value is -4.38. The molecule has 0 aromatic heterocycles. The zero-order chi connectivity index (χ0) is 31.8. The molecule has 11 nitrogen and oxygen atoms in total. The van der Waals surface area contributed by atoms with Gasteiger partial charge in [-0.3, -0.25) is 10.1 Å². The number of anilines is 1. The zero-order valence-corrected chi connectivity index (χ0v) is 26.4. The summed E-state index contributed by atoms with van der Waals surface area (Å²) in [6.07, 6.45) is 2.00. The molecular formula is C33H40N6O5. The fourth-order valence-corrected chi connectivity index (χ4v) is 5.89. The van der Waals surface area contributed by atoms with Crippen LogP contribution in [0.25, 0.3) is 0 Å². The topological polar surface area (TPSA) is 135 Å². The van der Waals surface area contributed by atoms with Gasteiger partial charge in [-0.1, -0.05) is 27.7 Å². The molecule has 3 aromatic rings. The number of hydrogen-bond acceptors (Lipinski definition) is 10. The molecule has 44 heavy (non-hydrogen) atoms. The van der Waals surface area contributed by atoms with Crippen LogP contribution in [0.3, 0.4) is 0 Å². The van der Waals surface area contributed by atoms with Crippen molar-refractivity contribution in [2.24, 2.45) is 20.5 Å². The van der Waals surface area contributed by atoms with E-state index in [0.717, 1.165) is 31.7 Å². The van der Waals surface area contributed by atoms with Crippen molar-refractivity contribution in [1.29, 1.82) is 0 Å².